The minimum Gasteiger partial charge on any atom is -0.311 e. The van der Waals surface area contributed by atoms with Crippen LogP contribution in [-0.4, -0.2) is 22.2 Å². The van der Waals surface area contributed by atoms with Gasteiger partial charge in [0.15, 0.2) is 0 Å². The molecule has 0 saturated heterocycles. The molecule has 1 amide bonds. The molecule has 0 fully saturated rings. The number of benzene rings is 3. The fourth-order valence-electron chi connectivity index (χ4n) is 3.81. The van der Waals surface area contributed by atoms with Gasteiger partial charge >= 0.3 is 0 Å². The van der Waals surface area contributed by atoms with Crippen LogP contribution in [0.1, 0.15) is 24.6 Å². The van der Waals surface area contributed by atoms with Crippen LogP contribution in [0.25, 0.3) is 10.8 Å². The van der Waals surface area contributed by atoms with E-state index in [9.17, 15) is 9.59 Å². The van der Waals surface area contributed by atoms with Crippen molar-refractivity contribution in [2.24, 2.45) is 0 Å². The van der Waals surface area contributed by atoms with Gasteiger partial charge in [-0.05, 0) is 36.2 Å². The number of amides is 1. The maximum absolute atomic E-state index is 13.3. The van der Waals surface area contributed by atoms with Crippen molar-refractivity contribution in [3.63, 3.8) is 0 Å². The van der Waals surface area contributed by atoms with E-state index in [2.05, 4.69) is 5.10 Å². The van der Waals surface area contributed by atoms with Gasteiger partial charge in [0.2, 0.25) is 5.91 Å². The number of fused-ring (bicyclic) bond motifs is 1. The fourth-order valence-corrected chi connectivity index (χ4v) is 4.00. The highest BCUT2D eigenvalue weighted by Crippen LogP contribution is 2.21. The van der Waals surface area contributed by atoms with Crippen molar-refractivity contribution in [1.82, 2.24) is 9.78 Å². The lowest BCUT2D eigenvalue weighted by molar-refractivity contribution is -0.119. The van der Waals surface area contributed by atoms with E-state index in [-0.39, 0.29) is 18.0 Å². The van der Waals surface area contributed by atoms with Crippen molar-refractivity contribution in [3.05, 3.63) is 105 Å². The standard InChI is InChI=1S/C26H24ClN3O2/c1-2-15-29(21-12-8-11-20(27)17-21)25(31)18-30-26(32)23-14-7-6-13-22(23)24(28-30)16-19-9-4-3-5-10-19/h3-14,17H,2,15-16,18H2,1H3. The van der Waals surface area contributed by atoms with Crippen LogP contribution in [0.2, 0.25) is 5.02 Å². The van der Waals surface area contributed by atoms with Crippen LogP contribution in [0.4, 0.5) is 5.69 Å². The third-order valence-corrected chi connectivity index (χ3v) is 5.55. The van der Waals surface area contributed by atoms with Gasteiger partial charge in [-0.3, -0.25) is 9.59 Å². The summed E-state index contributed by atoms with van der Waals surface area (Å²) in [6.45, 7) is 2.39. The molecule has 0 bridgehead atoms. The van der Waals surface area contributed by atoms with Crippen molar-refractivity contribution >= 4 is 34.0 Å². The molecule has 0 N–H and O–H groups in total. The Bertz CT molecular complexity index is 1300. The van der Waals surface area contributed by atoms with Gasteiger partial charge in [-0.15, -0.1) is 0 Å². The first kappa shape index (κ1) is 21.8. The van der Waals surface area contributed by atoms with E-state index >= 15 is 0 Å². The van der Waals surface area contributed by atoms with Crippen molar-refractivity contribution in [3.8, 4) is 0 Å². The van der Waals surface area contributed by atoms with Crippen LogP contribution in [-0.2, 0) is 17.8 Å². The summed E-state index contributed by atoms with van der Waals surface area (Å²) in [7, 11) is 0. The molecule has 4 aromatic rings. The Morgan fingerprint density at radius 1 is 0.969 bits per heavy atom. The number of hydrogen-bond donors (Lipinski definition) is 0. The highest BCUT2D eigenvalue weighted by molar-refractivity contribution is 6.30. The molecule has 3 aromatic carbocycles. The Kier molecular flexibility index (Phi) is 6.66. The number of rotatable bonds is 7. The van der Waals surface area contributed by atoms with E-state index in [1.165, 1.54) is 4.68 Å². The number of anilines is 1. The molecule has 0 aliphatic heterocycles. The van der Waals surface area contributed by atoms with E-state index < -0.39 is 0 Å². The normalized spacial score (nSPS) is 10.9. The molecule has 0 aliphatic carbocycles. The van der Waals surface area contributed by atoms with Crippen molar-refractivity contribution in [1.29, 1.82) is 0 Å². The molecular weight excluding hydrogens is 422 g/mol. The SMILES string of the molecule is CCCN(C(=O)Cn1nc(Cc2ccccc2)c2ccccc2c1=O)c1cccc(Cl)c1. The molecule has 0 aliphatic rings. The minimum atomic E-state index is -0.270. The van der Waals surface area contributed by atoms with Gasteiger partial charge in [-0.1, -0.05) is 73.1 Å². The van der Waals surface area contributed by atoms with E-state index in [0.717, 1.165) is 23.1 Å². The van der Waals surface area contributed by atoms with Crippen LogP contribution in [0.3, 0.4) is 0 Å². The minimum absolute atomic E-state index is 0.141. The lowest BCUT2D eigenvalue weighted by Crippen LogP contribution is -2.38. The summed E-state index contributed by atoms with van der Waals surface area (Å²) in [5, 5.41) is 6.55. The van der Waals surface area contributed by atoms with Gasteiger partial charge < -0.3 is 4.90 Å². The molecular formula is C26H24ClN3O2. The first-order valence-corrected chi connectivity index (χ1v) is 11.0. The average molecular weight is 446 g/mol. The van der Waals surface area contributed by atoms with Crippen LogP contribution >= 0.6 is 11.6 Å². The summed E-state index contributed by atoms with van der Waals surface area (Å²) >= 11 is 6.14. The molecule has 32 heavy (non-hydrogen) atoms. The molecule has 5 nitrogen and oxygen atoms in total. The number of carbonyl (C=O) groups is 1. The molecule has 4 rings (SSSR count). The lowest BCUT2D eigenvalue weighted by Gasteiger charge is -2.23. The number of carbonyl (C=O) groups excluding carboxylic acids is 1. The van der Waals surface area contributed by atoms with E-state index in [4.69, 9.17) is 11.6 Å². The van der Waals surface area contributed by atoms with Crippen LogP contribution in [0.5, 0.6) is 0 Å². The average Bonchev–Trinajstić information content (AvgIpc) is 2.81. The second-order valence-corrected chi connectivity index (χ2v) is 8.08. The van der Waals surface area contributed by atoms with E-state index in [1.54, 1.807) is 23.1 Å². The van der Waals surface area contributed by atoms with Crippen molar-refractivity contribution in [2.75, 3.05) is 11.4 Å². The monoisotopic (exact) mass is 445 g/mol. The lowest BCUT2D eigenvalue weighted by atomic mass is 10.0. The maximum Gasteiger partial charge on any atom is 0.275 e. The molecule has 0 unspecified atom stereocenters. The van der Waals surface area contributed by atoms with E-state index in [0.29, 0.717) is 29.1 Å². The first-order chi connectivity index (χ1) is 15.6. The Hall–Kier alpha value is -3.44. The third kappa shape index (κ3) is 4.73. The van der Waals surface area contributed by atoms with Gasteiger partial charge in [0.25, 0.3) is 5.56 Å². The van der Waals surface area contributed by atoms with Crippen molar-refractivity contribution < 1.29 is 4.79 Å². The summed E-state index contributed by atoms with van der Waals surface area (Å²) in [6.07, 6.45) is 1.35. The Morgan fingerprint density at radius 3 is 2.41 bits per heavy atom. The predicted octanol–water partition coefficient (Wildman–Crippen LogP) is 5.08. The third-order valence-electron chi connectivity index (χ3n) is 5.31. The maximum atomic E-state index is 13.3. The topological polar surface area (TPSA) is 55.2 Å². The highest BCUT2D eigenvalue weighted by Gasteiger charge is 2.19. The van der Waals surface area contributed by atoms with Gasteiger partial charge in [0.05, 0.1) is 11.1 Å². The summed E-state index contributed by atoms with van der Waals surface area (Å²) in [4.78, 5) is 28.1. The molecule has 6 heteroatoms. The number of hydrogen-bond acceptors (Lipinski definition) is 3. The highest BCUT2D eigenvalue weighted by atomic mass is 35.5. The van der Waals surface area contributed by atoms with Gasteiger partial charge in [-0.2, -0.15) is 5.10 Å². The number of aromatic nitrogens is 2. The quantitative estimate of drug-likeness (QED) is 0.398. The van der Waals surface area contributed by atoms with Crippen LogP contribution < -0.4 is 10.5 Å². The summed E-state index contributed by atoms with van der Waals surface area (Å²) < 4.78 is 1.29. The number of nitrogens with zero attached hydrogens (tertiary/aromatic N) is 3. The second kappa shape index (κ2) is 9.79. The second-order valence-electron chi connectivity index (χ2n) is 7.64. The molecule has 0 spiro atoms. The Labute approximate surface area is 191 Å². The molecule has 0 radical (unpaired) electrons. The summed E-state index contributed by atoms with van der Waals surface area (Å²) in [5.41, 5.74) is 2.30. The number of halogens is 1. The molecule has 0 saturated carbocycles. The summed E-state index contributed by atoms with van der Waals surface area (Å²) in [5.74, 6) is -0.204. The fraction of sp³-hybridized carbons (Fsp3) is 0.192. The largest absolute Gasteiger partial charge is 0.311 e. The van der Waals surface area contributed by atoms with Crippen LogP contribution in [0, 0.1) is 0 Å². The summed E-state index contributed by atoms with van der Waals surface area (Å²) in [6, 6.07) is 24.6. The Balaban J connectivity index is 1.72. The molecule has 1 heterocycles. The molecule has 0 atom stereocenters. The zero-order valence-corrected chi connectivity index (χ0v) is 18.6. The smallest absolute Gasteiger partial charge is 0.275 e. The van der Waals surface area contributed by atoms with Gasteiger partial charge in [-0.25, -0.2) is 4.68 Å². The zero-order chi connectivity index (χ0) is 22.5. The van der Waals surface area contributed by atoms with E-state index in [1.807, 2.05) is 67.6 Å². The zero-order valence-electron chi connectivity index (χ0n) is 17.9. The van der Waals surface area contributed by atoms with Gasteiger partial charge in [0, 0.05) is 29.1 Å². The van der Waals surface area contributed by atoms with Gasteiger partial charge in [0.1, 0.15) is 6.54 Å². The van der Waals surface area contributed by atoms with Crippen molar-refractivity contribution in [2.45, 2.75) is 26.3 Å². The molecule has 1 aromatic heterocycles. The van der Waals surface area contributed by atoms with Crippen LogP contribution in [0.15, 0.2) is 83.7 Å². The Morgan fingerprint density at radius 2 is 1.69 bits per heavy atom. The molecule has 162 valence electrons. The predicted molar refractivity (Wildman–Crippen MR) is 129 cm³/mol. The first-order valence-electron chi connectivity index (χ1n) is 10.7.